The van der Waals surface area contributed by atoms with Crippen molar-refractivity contribution in [1.29, 1.82) is 0 Å². The van der Waals surface area contributed by atoms with Crippen molar-refractivity contribution in [2.24, 2.45) is 17.3 Å². The number of nitrogens with zero attached hydrogens (tertiary/aromatic N) is 4. The van der Waals surface area contributed by atoms with Crippen LogP contribution in [-0.2, 0) is 11.8 Å². The van der Waals surface area contributed by atoms with Gasteiger partial charge in [0.1, 0.15) is 0 Å². The van der Waals surface area contributed by atoms with Crippen molar-refractivity contribution in [3.8, 4) is 12.3 Å². The molecule has 0 saturated carbocycles. The first-order chi connectivity index (χ1) is 10.7. The number of amides is 1. The molecule has 1 unspecified atom stereocenters. The summed E-state index contributed by atoms with van der Waals surface area (Å²) in [6.45, 7) is 0.848. The number of aryl methyl sites for hydroxylation is 1. The average Bonchev–Trinajstić information content (AvgIpc) is 2.91. The lowest BCUT2D eigenvalue weighted by molar-refractivity contribution is -0.132. The zero-order chi connectivity index (χ0) is 15.6. The molecule has 1 aromatic heterocycles. The molecule has 0 bridgehead atoms. The van der Waals surface area contributed by atoms with Crippen molar-refractivity contribution in [3.63, 3.8) is 0 Å². The Labute approximate surface area is 131 Å². The van der Waals surface area contributed by atoms with Crippen LogP contribution in [0.3, 0.4) is 0 Å². The second-order valence-electron chi connectivity index (χ2n) is 6.18. The molecule has 0 aromatic carbocycles. The highest BCUT2D eigenvalue weighted by molar-refractivity contribution is 5.77. The van der Waals surface area contributed by atoms with Crippen LogP contribution < -0.4 is 0 Å². The number of carbonyl (C=O) groups is 1. The second-order valence-corrected chi connectivity index (χ2v) is 6.18. The highest BCUT2D eigenvalue weighted by Crippen LogP contribution is 2.39. The number of aromatic nitrogens is 1. The lowest BCUT2D eigenvalue weighted by atomic mass is 10.0. The molecule has 1 aromatic rings. The number of carbonyl (C=O) groups excluding carboxylic acids is 1. The van der Waals surface area contributed by atoms with Gasteiger partial charge in [-0.1, -0.05) is 0 Å². The van der Waals surface area contributed by atoms with E-state index in [4.69, 9.17) is 6.42 Å². The molecule has 0 N–H and O–H groups in total. The number of terminal acetylenes is 1. The Balaban J connectivity index is 1.58. The van der Waals surface area contributed by atoms with E-state index in [-0.39, 0.29) is 17.6 Å². The largest absolute Gasteiger partial charge is 0.353 e. The molecule has 0 radical (unpaired) electrons. The summed E-state index contributed by atoms with van der Waals surface area (Å²) in [6, 6.07) is 4.35. The van der Waals surface area contributed by atoms with Crippen LogP contribution in [0.25, 0.3) is 0 Å². The summed E-state index contributed by atoms with van der Waals surface area (Å²) in [4.78, 5) is 14.6. The molecule has 1 saturated heterocycles. The molecule has 0 spiro atoms. The minimum Gasteiger partial charge on any atom is -0.353 e. The van der Waals surface area contributed by atoms with Gasteiger partial charge in [0, 0.05) is 51.2 Å². The van der Waals surface area contributed by atoms with Crippen LogP contribution in [0.4, 0.5) is 0 Å². The summed E-state index contributed by atoms with van der Waals surface area (Å²) in [7, 11) is 2.03. The molecule has 5 heteroatoms. The third-order valence-corrected chi connectivity index (χ3v) is 4.69. The third kappa shape index (κ3) is 2.92. The van der Waals surface area contributed by atoms with Crippen LogP contribution in [0, 0.1) is 12.3 Å². The first kappa shape index (κ1) is 14.8. The zero-order valence-electron chi connectivity index (χ0n) is 13.0. The van der Waals surface area contributed by atoms with E-state index in [1.54, 1.807) is 0 Å². The van der Waals surface area contributed by atoms with Gasteiger partial charge in [0.25, 0.3) is 0 Å². The van der Waals surface area contributed by atoms with Crippen molar-refractivity contribution >= 4 is 5.91 Å². The molecule has 22 heavy (non-hydrogen) atoms. The van der Waals surface area contributed by atoms with Gasteiger partial charge in [0.15, 0.2) is 5.66 Å². The molecule has 3 heterocycles. The van der Waals surface area contributed by atoms with Gasteiger partial charge in [-0.25, -0.2) is 0 Å². The molecule has 1 amide bonds. The Morgan fingerprint density at radius 2 is 2.32 bits per heavy atom. The van der Waals surface area contributed by atoms with Gasteiger partial charge in [-0.3, -0.25) is 4.79 Å². The lowest BCUT2D eigenvalue weighted by Gasteiger charge is -2.26. The van der Waals surface area contributed by atoms with Crippen LogP contribution in [0.5, 0.6) is 0 Å². The van der Waals surface area contributed by atoms with Crippen LogP contribution >= 0.6 is 0 Å². The van der Waals surface area contributed by atoms with E-state index in [1.165, 1.54) is 5.69 Å². The summed E-state index contributed by atoms with van der Waals surface area (Å²) in [6.07, 6.45) is 12.0. The third-order valence-electron chi connectivity index (χ3n) is 4.69. The molecule has 5 nitrogen and oxygen atoms in total. The quantitative estimate of drug-likeness (QED) is 0.745. The Morgan fingerprint density at radius 1 is 1.50 bits per heavy atom. The first-order valence-electron chi connectivity index (χ1n) is 7.93. The zero-order valence-corrected chi connectivity index (χ0v) is 13.0. The van der Waals surface area contributed by atoms with E-state index in [0.29, 0.717) is 19.3 Å². The Morgan fingerprint density at radius 3 is 2.95 bits per heavy atom. The van der Waals surface area contributed by atoms with Crippen molar-refractivity contribution in [2.45, 2.75) is 50.2 Å². The van der Waals surface area contributed by atoms with Crippen molar-refractivity contribution in [2.75, 3.05) is 6.54 Å². The normalized spacial score (nSPS) is 21.8. The van der Waals surface area contributed by atoms with E-state index in [2.05, 4.69) is 26.8 Å². The van der Waals surface area contributed by atoms with E-state index in [0.717, 1.165) is 25.8 Å². The van der Waals surface area contributed by atoms with Gasteiger partial charge in [0.2, 0.25) is 5.91 Å². The van der Waals surface area contributed by atoms with Gasteiger partial charge in [-0.05, 0) is 25.0 Å². The van der Waals surface area contributed by atoms with Gasteiger partial charge in [0.05, 0.1) is 6.04 Å². The van der Waals surface area contributed by atoms with E-state index in [1.807, 2.05) is 24.2 Å². The molecule has 3 rings (SSSR count). The fourth-order valence-electron chi connectivity index (χ4n) is 3.31. The maximum Gasteiger partial charge on any atom is 0.223 e. The van der Waals surface area contributed by atoms with Gasteiger partial charge < -0.3 is 9.47 Å². The summed E-state index contributed by atoms with van der Waals surface area (Å²) >= 11 is 0. The summed E-state index contributed by atoms with van der Waals surface area (Å²) in [5.74, 6) is 2.83. The van der Waals surface area contributed by atoms with Crippen molar-refractivity contribution in [3.05, 3.63) is 24.0 Å². The maximum atomic E-state index is 12.6. The molecule has 0 aliphatic carbocycles. The Hall–Kier alpha value is -2.09. The highest BCUT2D eigenvalue weighted by atomic mass is 16.2. The van der Waals surface area contributed by atoms with Crippen LogP contribution in [0.15, 0.2) is 28.6 Å². The minimum atomic E-state index is -0.359. The molecule has 1 atom stereocenters. The standard InChI is InChI=1S/C17H22N4O/c1-3-4-10-17(18-19-17)11-9-16(22)21-13-6-8-15(21)14-7-5-12-20(14)2/h1,5,7,12,15H,4,6,8-11,13H2,2H3. The number of rotatable bonds is 6. The highest BCUT2D eigenvalue weighted by Gasteiger charge is 2.40. The Kier molecular flexibility index (Phi) is 4.02. The second kappa shape index (κ2) is 5.96. The number of likely N-dealkylation sites (tertiary alicyclic amines) is 1. The molecule has 1 fully saturated rings. The summed E-state index contributed by atoms with van der Waals surface area (Å²) in [5.41, 5.74) is 0.857. The lowest BCUT2D eigenvalue weighted by Crippen LogP contribution is -2.32. The molecular weight excluding hydrogens is 276 g/mol. The molecular formula is C17H22N4O. The first-order valence-corrected chi connectivity index (χ1v) is 7.93. The van der Waals surface area contributed by atoms with Crippen LogP contribution in [-0.4, -0.2) is 27.6 Å². The molecule has 2 aliphatic rings. The fourth-order valence-corrected chi connectivity index (χ4v) is 3.31. The molecule has 2 aliphatic heterocycles. The summed E-state index contributed by atoms with van der Waals surface area (Å²) in [5, 5.41) is 8.22. The van der Waals surface area contributed by atoms with Gasteiger partial charge in [-0.15, -0.1) is 12.3 Å². The monoisotopic (exact) mass is 298 g/mol. The predicted molar refractivity (Wildman–Crippen MR) is 84.0 cm³/mol. The van der Waals surface area contributed by atoms with Crippen molar-refractivity contribution < 1.29 is 4.79 Å². The predicted octanol–water partition coefficient (Wildman–Crippen LogP) is 3.04. The smallest absolute Gasteiger partial charge is 0.223 e. The van der Waals surface area contributed by atoms with Gasteiger partial charge in [-0.2, -0.15) is 10.2 Å². The fraction of sp³-hybridized carbons (Fsp3) is 0.588. The van der Waals surface area contributed by atoms with E-state index >= 15 is 0 Å². The van der Waals surface area contributed by atoms with Crippen LogP contribution in [0.1, 0.15) is 50.3 Å². The minimum absolute atomic E-state index is 0.209. The SMILES string of the molecule is C#CCCC1(CCC(=O)N2CCCC2c2cccn2C)N=N1. The number of hydrogen-bond acceptors (Lipinski definition) is 3. The van der Waals surface area contributed by atoms with Gasteiger partial charge >= 0.3 is 0 Å². The Bertz CT molecular complexity index is 619. The summed E-state index contributed by atoms with van der Waals surface area (Å²) < 4.78 is 2.11. The average molecular weight is 298 g/mol. The number of hydrogen-bond donors (Lipinski definition) is 0. The van der Waals surface area contributed by atoms with E-state index < -0.39 is 0 Å². The topological polar surface area (TPSA) is 50.0 Å². The maximum absolute atomic E-state index is 12.6. The van der Waals surface area contributed by atoms with Crippen LogP contribution in [0.2, 0.25) is 0 Å². The van der Waals surface area contributed by atoms with E-state index in [9.17, 15) is 4.79 Å². The molecule has 116 valence electrons. The van der Waals surface area contributed by atoms with Crippen molar-refractivity contribution in [1.82, 2.24) is 9.47 Å².